The van der Waals surface area contributed by atoms with Crippen molar-refractivity contribution in [2.45, 2.75) is 124 Å². The third-order valence-electron chi connectivity index (χ3n) is 9.74. The molecule has 1 unspecified atom stereocenters. The van der Waals surface area contributed by atoms with E-state index in [9.17, 15) is 9.59 Å². The fourth-order valence-electron chi connectivity index (χ4n) is 6.76. The van der Waals surface area contributed by atoms with E-state index in [1.165, 1.54) is 55.2 Å². The predicted octanol–water partition coefficient (Wildman–Crippen LogP) is 10.6. The Bertz CT molecular complexity index is 1520. The fourth-order valence-corrected chi connectivity index (χ4v) is 6.76. The zero-order chi connectivity index (χ0) is 34.3. The minimum atomic E-state index is -0.320. The lowest BCUT2D eigenvalue weighted by Crippen LogP contribution is -2.33. The summed E-state index contributed by atoms with van der Waals surface area (Å²) in [6, 6.07) is 20.6. The van der Waals surface area contributed by atoms with E-state index in [1.54, 1.807) is 6.08 Å². The lowest BCUT2D eigenvalue weighted by molar-refractivity contribution is -0.117. The number of carbonyl (C=O) groups is 2. The summed E-state index contributed by atoms with van der Waals surface area (Å²) in [5.74, 6) is 0.996. The van der Waals surface area contributed by atoms with E-state index in [0.717, 1.165) is 61.1 Å². The average Bonchev–Trinajstić information content (AvgIpc) is 3.10. The number of hydrogen-bond acceptors (Lipinski definition) is 4. The van der Waals surface area contributed by atoms with Crippen LogP contribution in [0.4, 0.5) is 5.69 Å². The van der Waals surface area contributed by atoms with Crippen LogP contribution in [-0.4, -0.2) is 24.8 Å². The van der Waals surface area contributed by atoms with Gasteiger partial charge >= 0.3 is 0 Å². The van der Waals surface area contributed by atoms with Gasteiger partial charge in [-0.3, -0.25) is 9.59 Å². The molecule has 0 heterocycles. The van der Waals surface area contributed by atoms with Crippen LogP contribution in [0.3, 0.4) is 0 Å². The Balaban J connectivity index is 1.34. The van der Waals surface area contributed by atoms with Gasteiger partial charge in [0.15, 0.2) is 5.78 Å². The van der Waals surface area contributed by atoms with Gasteiger partial charge in [0.05, 0.1) is 18.2 Å². The molecule has 3 aromatic carbocycles. The second-order valence-electron chi connectivity index (χ2n) is 13.4. The van der Waals surface area contributed by atoms with Gasteiger partial charge in [0.2, 0.25) is 0 Å². The molecule has 0 radical (unpaired) electrons. The Morgan fingerprint density at radius 3 is 2.31 bits per heavy atom. The molecular formula is C43H58N2O3. The maximum absolute atomic E-state index is 13.4. The Morgan fingerprint density at radius 2 is 1.58 bits per heavy atom. The number of hydrogen-bond donors (Lipinski definition) is 2. The Labute approximate surface area is 290 Å². The zero-order valence-corrected chi connectivity index (χ0v) is 30.1. The van der Waals surface area contributed by atoms with E-state index >= 15 is 0 Å². The molecule has 4 rings (SSSR count). The monoisotopic (exact) mass is 650 g/mol. The van der Waals surface area contributed by atoms with Crippen LogP contribution in [0.15, 0.2) is 72.3 Å². The first kappa shape index (κ1) is 37.0. The van der Waals surface area contributed by atoms with Crippen LogP contribution in [0.5, 0.6) is 5.75 Å². The third kappa shape index (κ3) is 10.1. The van der Waals surface area contributed by atoms with Crippen LogP contribution in [0.25, 0.3) is 0 Å². The van der Waals surface area contributed by atoms with Crippen molar-refractivity contribution in [2.75, 3.05) is 18.5 Å². The number of anilines is 1. The molecule has 1 aliphatic carbocycles. The summed E-state index contributed by atoms with van der Waals surface area (Å²) in [7, 11) is 0. The first-order valence-corrected chi connectivity index (χ1v) is 18.6. The minimum absolute atomic E-state index is 0.199. The van der Waals surface area contributed by atoms with Gasteiger partial charge in [-0.15, -0.1) is 0 Å². The van der Waals surface area contributed by atoms with E-state index in [0.29, 0.717) is 24.6 Å². The molecule has 0 aliphatic heterocycles. The average molecular weight is 651 g/mol. The maximum atomic E-state index is 13.4. The lowest BCUT2D eigenvalue weighted by atomic mass is 9.86. The van der Waals surface area contributed by atoms with Gasteiger partial charge < -0.3 is 15.4 Å². The van der Waals surface area contributed by atoms with Gasteiger partial charge in [-0.05, 0) is 110 Å². The molecule has 1 atom stereocenters. The van der Waals surface area contributed by atoms with Gasteiger partial charge in [-0.1, -0.05) is 102 Å². The fraction of sp³-hybridized carbons (Fsp3) is 0.488. The van der Waals surface area contributed by atoms with Crippen LogP contribution >= 0.6 is 0 Å². The Kier molecular flexibility index (Phi) is 14.8. The maximum Gasteiger partial charge on any atom is 0.255 e. The molecule has 0 aromatic heterocycles. The predicted molar refractivity (Wildman–Crippen MR) is 200 cm³/mol. The van der Waals surface area contributed by atoms with Crippen molar-refractivity contribution >= 4 is 17.4 Å². The van der Waals surface area contributed by atoms with Crippen molar-refractivity contribution in [1.82, 2.24) is 5.32 Å². The number of ketones is 1. The van der Waals surface area contributed by atoms with Gasteiger partial charge in [0, 0.05) is 17.8 Å². The third-order valence-corrected chi connectivity index (χ3v) is 9.74. The van der Waals surface area contributed by atoms with E-state index < -0.39 is 0 Å². The number of unbranched alkanes of at least 4 members (excludes halogenated alkanes) is 5. The number of nitrogens with one attached hydrogen (secondary N) is 2. The smallest absolute Gasteiger partial charge is 0.255 e. The zero-order valence-electron chi connectivity index (χ0n) is 30.1. The molecule has 2 N–H and O–H groups in total. The van der Waals surface area contributed by atoms with E-state index in [1.807, 2.05) is 24.3 Å². The molecule has 0 spiro atoms. The van der Waals surface area contributed by atoms with Crippen molar-refractivity contribution < 1.29 is 14.3 Å². The molecule has 1 aliphatic rings. The van der Waals surface area contributed by atoms with Crippen molar-refractivity contribution in [1.29, 1.82) is 0 Å². The van der Waals surface area contributed by atoms with E-state index in [2.05, 4.69) is 81.7 Å². The van der Waals surface area contributed by atoms with Crippen molar-refractivity contribution in [3.8, 4) is 5.75 Å². The number of amides is 1. The molecule has 0 saturated carbocycles. The molecular weight excluding hydrogens is 592 g/mol. The molecule has 0 bridgehead atoms. The van der Waals surface area contributed by atoms with Crippen LogP contribution in [0, 0.1) is 6.92 Å². The van der Waals surface area contributed by atoms with Gasteiger partial charge in [-0.25, -0.2) is 0 Å². The highest BCUT2D eigenvalue weighted by Crippen LogP contribution is 2.34. The molecule has 0 fully saturated rings. The minimum Gasteiger partial charge on any atom is -0.493 e. The number of fused-ring (bicyclic) bond motifs is 1. The first-order valence-electron chi connectivity index (χ1n) is 18.6. The molecule has 3 aromatic rings. The largest absolute Gasteiger partial charge is 0.493 e. The number of rotatable bonds is 20. The molecule has 258 valence electrons. The number of benzene rings is 3. The number of ether oxygens (including phenoxy) is 1. The summed E-state index contributed by atoms with van der Waals surface area (Å²) in [4.78, 5) is 26.8. The van der Waals surface area contributed by atoms with Crippen molar-refractivity contribution in [3.05, 3.63) is 106 Å². The number of Topliss-reactive ketones (excluding diaryl/α,β-unsaturated/α-hetero) is 1. The van der Waals surface area contributed by atoms with Crippen LogP contribution in [0.2, 0.25) is 0 Å². The summed E-state index contributed by atoms with van der Waals surface area (Å²) < 4.78 is 6.25. The molecule has 48 heavy (non-hydrogen) atoms. The van der Waals surface area contributed by atoms with E-state index in [-0.39, 0.29) is 23.3 Å². The number of carbonyl (C=O) groups excluding carboxylic acids is 2. The standard InChI is InChI=1S/C43H58N2O3/c1-6-10-12-18-32-22-25-41(35(29-32)19-13-11-7-2)48-27-17-16-26-44-43(47)38-30-40(36-20-14-15-21-37(36)42(38)46)45-39-24-23-34(28-31(39)5)33(8-3)9-4/h14-15,20-25,28-30,33,40,45H,6-13,16-19,26-27H2,1-5H3,(H,44,47). The highest BCUT2D eigenvalue weighted by atomic mass is 16.5. The number of aryl methyl sites for hydroxylation is 3. The molecule has 1 amide bonds. The van der Waals surface area contributed by atoms with Crippen molar-refractivity contribution in [2.24, 2.45) is 0 Å². The SMILES string of the molecule is CCCCCc1ccc(OCCCCNC(=O)C2=CC(Nc3ccc(C(CC)CC)cc3C)c3ccccc3C2=O)c(CCCCC)c1. The highest BCUT2D eigenvalue weighted by molar-refractivity contribution is 6.27. The molecule has 5 nitrogen and oxygen atoms in total. The van der Waals surface area contributed by atoms with Crippen molar-refractivity contribution in [3.63, 3.8) is 0 Å². The molecule has 5 heteroatoms. The molecule has 0 saturated heterocycles. The summed E-state index contributed by atoms with van der Waals surface area (Å²) >= 11 is 0. The van der Waals surface area contributed by atoms with E-state index in [4.69, 9.17) is 4.74 Å². The van der Waals surface area contributed by atoms with Gasteiger partial charge in [-0.2, -0.15) is 0 Å². The highest BCUT2D eigenvalue weighted by Gasteiger charge is 2.30. The summed E-state index contributed by atoms with van der Waals surface area (Å²) in [6.07, 6.45) is 15.1. The Morgan fingerprint density at radius 1 is 0.833 bits per heavy atom. The second kappa shape index (κ2) is 19.2. The van der Waals surface area contributed by atoms with Gasteiger partial charge in [0.1, 0.15) is 5.75 Å². The van der Waals surface area contributed by atoms with Crippen LogP contribution in [0.1, 0.15) is 142 Å². The lowest BCUT2D eigenvalue weighted by Gasteiger charge is -2.26. The summed E-state index contributed by atoms with van der Waals surface area (Å²) in [6.45, 7) is 12.2. The second-order valence-corrected chi connectivity index (χ2v) is 13.4. The Hall–Kier alpha value is -3.86. The first-order chi connectivity index (χ1) is 23.4. The summed E-state index contributed by atoms with van der Waals surface area (Å²) in [5, 5.41) is 6.63. The normalized spacial score (nSPS) is 14.1. The van der Waals surface area contributed by atoms with Gasteiger partial charge in [0.25, 0.3) is 5.91 Å². The van der Waals surface area contributed by atoms with Crippen LogP contribution in [-0.2, 0) is 17.6 Å². The topological polar surface area (TPSA) is 67.4 Å². The summed E-state index contributed by atoms with van der Waals surface area (Å²) in [5.41, 5.74) is 7.91. The van der Waals surface area contributed by atoms with Crippen LogP contribution < -0.4 is 15.4 Å². The quantitative estimate of drug-likeness (QED) is 0.0943.